The molecule has 0 radical (unpaired) electrons. The predicted octanol–water partition coefficient (Wildman–Crippen LogP) is 1.85. The van der Waals surface area contributed by atoms with Crippen LogP contribution in [0.15, 0.2) is 0 Å². The summed E-state index contributed by atoms with van der Waals surface area (Å²) in [5.74, 6) is 0.165. The highest BCUT2D eigenvalue weighted by molar-refractivity contribution is 7.18. The molecular formula is C13H22N4O2S. The molecular weight excluding hydrogens is 276 g/mol. The fraction of sp³-hybridized carbons (Fsp3) is 0.692. The van der Waals surface area contributed by atoms with E-state index in [9.17, 15) is 4.79 Å². The quantitative estimate of drug-likeness (QED) is 0.697. The van der Waals surface area contributed by atoms with Crippen LogP contribution in [0.1, 0.15) is 42.3 Å². The van der Waals surface area contributed by atoms with Crippen molar-refractivity contribution < 1.29 is 9.53 Å². The molecule has 1 aromatic rings. The smallest absolute Gasteiger partial charge is 0.265 e. The molecule has 20 heavy (non-hydrogen) atoms. The van der Waals surface area contributed by atoms with Crippen LogP contribution in [-0.2, 0) is 4.74 Å². The highest BCUT2D eigenvalue weighted by Gasteiger charge is 2.31. The maximum atomic E-state index is 12.3. The normalized spacial score (nSPS) is 17.1. The Balaban J connectivity index is 1.98. The minimum atomic E-state index is -0.121. The Bertz CT molecular complexity index is 469. The van der Waals surface area contributed by atoms with Gasteiger partial charge in [-0.05, 0) is 19.8 Å². The summed E-state index contributed by atoms with van der Waals surface area (Å²) in [5.41, 5.74) is 5.73. The van der Waals surface area contributed by atoms with Crippen LogP contribution >= 0.6 is 11.3 Å². The number of carbonyl (C=O) groups is 1. The van der Waals surface area contributed by atoms with Gasteiger partial charge in [0.05, 0.1) is 6.61 Å². The van der Waals surface area contributed by atoms with Gasteiger partial charge in [-0.25, -0.2) is 4.98 Å². The van der Waals surface area contributed by atoms with Crippen LogP contribution in [0.4, 0.5) is 10.9 Å². The van der Waals surface area contributed by atoms with Gasteiger partial charge in [-0.2, -0.15) is 0 Å². The van der Waals surface area contributed by atoms with Gasteiger partial charge in [-0.15, -0.1) is 0 Å². The van der Waals surface area contributed by atoms with Crippen LogP contribution in [0, 0.1) is 0 Å². The van der Waals surface area contributed by atoms with Crippen molar-refractivity contribution in [3.63, 3.8) is 0 Å². The zero-order valence-electron chi connectivity index (χ0n) is 12.0. The van der Waals surface area contributed by atoms with Crippen LogP contribution in [-0.4, -0.2) is 36.7 Å². The van der Waals surface area contributed by atoms with Crippen LogP contribution in [0.2, 0.25) is 0 Å². The van der Waals surface area contributed by atoms with Gasteiger partial charge in [0.25, 0.3) is 5.91 Å². The molecule has 1 saturated carbocycles. The van der Waals surface area contributed by atoms with E-state index in [1.165, 1.54) is 24.2 Å². The summed E-state index contributed by atoms with van der Waals surface area (Å²) in [4.78, 5) is 17.0. The summed E-state index contributed by atoms with van der Waals surface area (Å²) >= 11 is 1.29. The first-order valence-corrected chi connectivity index (χ1v) is 7.67. The molecule has 0 aliphatic heterocycles. The monoisotopic (exact) mass is 298 g/mol. The highest BCUT2D eigenvalue weighted by Crippen LogP contribution is 2.31. The molecule has 0 aromatic carbocycles. The number of anilines is 2. The molecule has 4 N–H and O–H groups in total. The maximum Gasteiger partial charge on any atom is 0.265 e. The van der Waals surface area contributed by atoms with Gasteiger partial charge in [0, 0.05) is 19.2 Å². The van der Waals surface area contributed by atoms with Gasteiger partial charge in [0.1, 0.15) is 10.7 Å². The number of ether oxygens (including phenoxy) is 1. The summed E-state index contributed by atoms with van der Waals surface area (Å²) < 4.78 is 4.95. The van der Waals surface area contributed by atoms with E-state index in [-0.39, 0.29) is 17.3 Å². The molecule has 1 amide bonds. The summed E-state index contributed by atoms with van der Waals surface area (Å²) in [7, 11) is 1.64. The van der Waals surface area contributed by atoms with Gasteiger partial charge in [-0.3, -0.25) is 4.79 Å². The third kappa shape index (κ3) is 3.61. The van der Waals surface area contributed by atoms with E-state index in [0.717, 1.165) is 12.8 Å². The molecule has 1 heterocycles. The van der Waals surface area contributed by atoms with Crippen molar-refractivity contribution in [3.05, 3.63) is 4.88 Å². The molecule has 0 saturated heterocycles. The number of aromatic nitrogens is 1. The number of rotatable bonds is 6. The Morgan fingerprint density at radius 2 is 2.20 bits per heavy atom. The third-order valence-corrected chi connectivity index (χ3v) is 4.59. The topological polar surface area (TPSA) is 89.3 Å². The number of nitrogens with two attached hydrogens (primary N) is 1. The lowest BCUT2D eigenvalue weighted by atomic mass is 10.0. The van der Waals surface area contributed by atoms with E-state index in [1.807, 2.05) is 0 Å². The SMILES string of the molecule is COCCNc1nc(N)c(C(=O)NC2(C)CCCC2)s1. The van der Waals surface area contributed by atoms with Crippen LogP contribution < -0.4 is 16.4 Å². The summed E-state index contributed by atoms with van der Waals surface area (Å²) in [5, 5.41) is 6.83. The summed E-state index contributed by atoms with van der Waals surface area (Å²) in [6, 6.07) is 0. The van der Waals surface area contributed by atoms with Gasteiger partial charge in [0.15, 0.2) is 5.13 Å². The number of thiazole rings is 1. The molecule has 1 aliphatic rings. The second kappa shape index (κ2) is 6.41. The second-order valence-electron chi connectivity index (χ2n) is 5.37. The first kappa shape index (κ1) is 15.1. The van der Waals surface area contributed by atoms with Crippen LogP contribution in [0.3, 0.4) is 0 Å². The molecule has 2 rings (SSSR count). The Labute approximate surface area is 123 Å². The summed E-state index contributed by atoms with van der Waals surface area (Å²) in [6.07, 6.45) is 4.38. The van der Waals surface area contributed by atoms with E-state index in [2.05, 4.69) is 22.5 Å². The van der Waals surface area contributed by atoms with Crippen molar-refractivity contribution in [2.75, 3.05) is 31.3 Å². The molecule has 0 atom stereocenters. The lowest BCUT2D eigenvalue weighted by Crippen LogP contribution is -2.43. The number of methoxy groups -OCH3 is 1. The number of nitrogens with one attached hydrogen (secondary N) is 2. The van der Waals surface area contributed by atoms with Crippen molar-refractivity contribution in [2.45, 2.75) is 38.1 Å². The highest BCUT2D eigenvalue weighted by atomic mass is 32.1. The molecule has 0 spiro atoms. The van der Waals surface area contributed by atoms with Crippen LogP contribution in [0.25, 0.3) is 0 Å². The molecule has 6 nitrogen and oxygen atoms in total. The van der Waals surface area contributed by atoms with Gasteiger partial charge in [-0.1, -0.05) is 24.2 Å². The fourth-order valence-corrected chi connectivity index (χ4v) is 3.25. The number of carbonyl (C=O) groups excluding carboxylic acids is 1. The van der Waals surface area contributed by atoms with Crippen molar-refractivity contribution in [2.24, 2.45) is 0 Å². The molecule has 0 unspecified atom stereocenters. The fourth-order valence-electron chi connectivity index (χ4n) is 2.44. The number of nitrogen functional groups attached to an aromatic ring is 1. The third-order valence-electron chi connectivity index (χ3n) is 3.56. The minimum absolute atomic E-state index is 0.100. The summed E-state index contributed by atoms with van der Waals surface area (Å²) in [6.45, 7) is 3.31. The Morgan fingerprint density at radius 1 is 1.50 bits per heavy atom. The average Bonchev–Trinajstić information content (AvgIpc) is 2.96. The Hall–Kier alpha value is -1.34. The maximum absolute atomic E-state index is 12.3. The largest absolute Gasteiger partial charge is 0.383 e. The molecule has 1 aliphatic carbocycles. The average molecular weight is 298 g/mol. The molecule has 112 valence electrons. The molecule has 7 heteroatoms. The molecule has 1 aromatic heterocycles. The van der Waals surface area contributed by atoms with E-state index < -0.39 is 0 Å². The lowest BCUT2D eigenvalue weighted by Gasteiger charge is -2.24. The lowest BCUT2D eigenvalue weighted by molar-refractivity contribution is 0.0913. The molecule has 1 fully saturated rings. The van der Waals surface area contributed by atoms with Gasteiger partial charge in [0.2, 0.25) is 0 Å². The second-order valence-corrected chi connectivity index (χ2v) is 6.37. The van der Waals surface area contributed by atoms with E-state index >= 15 is 0 Å². The first-order chi connectivity index (χ1) is 9.54. The van der Waals surface area contributed by atoms with Gasteiger partial charge >= 0.3 is 0 Å². The van der Waals surface area contributed by atoms with E-state index in [4.69, 9.17) is 10.5 Å². The van der Waals surface area contributed by atoms with Crippen molar-refractivity contribution >= 4 is 28.2 Å². The van der Waals surface area contributed by atoms with Crippen molar-refractivity contribution in [1.82, 2.24) is 10.3 Å². The van der Waals surface area contributed by atoms with E-state index in [0.29, 0.717) is 23.2 Å². The zero-order valence-corrected chi connectivity index (χ0v) is 12.8. The molecule has 0 bridgehead atoms. The van der Waals surface area contributed by atoms with Crippen molar-refractivity contribution in [1.29, 1.82) is 0 Å². The minimum Gasteiger partial charge on any atom is -0.383 e. The number of hydrogen-bond donors (Lipinski definition) is 3. The Morgan fingerprint density at radius 3 is 2.85 bits per heavy atom. The number of amides is 1. The van der Waals surface area contributed by atoms with Gasteiger partial charge < -0.3 is 21.1 Å². The number of hydrogen-bond acceptors (Lipinski definition) is 6. The van der Waals surface area contributed by atoms with Crippen LogP contribution in [0.5, 0.6) is 0 Å². The zero-order chi connectivity index (χ0) is 14.6. The first-order valence-electron chi connectivity index (χ1n) is 6.86. The standard InChI is InChI=1S/C13H22N4O2S/c1-13(5-3-4-6-13)17-11(18)9-10(14)16-12(20-9)15-7-8-19-2/h3-8,14H2,1-2H3,(H,15,16)(H,17,18). The van der Waals surface area contributed by atoms with E-state index in [1.54, 1.807) is 7.11 Å². The number of nitrogens with zero attached hydrogens (tertiary/aromatic N) is 1. The predicted molar refractivity (Wildman–Crippen MR) is 81.2 cm³/mol. The van der Waals surface area contributed by atoms with Crippen molar-refractivity contribution in [3.8, 4) is 0 Å². The Kier molecular flexibility index (Phi) is 4.82.